The van der Waals surface area contributed by atoms with Gasteiger partial charge in [-0.05, 0) is 22.9 Å². The Bertz CT molecular complexity index is 301. The van der Waals surface area contributed by atoms with E-state index in [1.807, 2.05) is 0 Å². The summed E-state index contributed by atoms with van der Waals surface area (Å²) in [6.45, 7) is 1.69. The van der Waals surface area contributed by atoms with Crippen LogP contribution in [0.4, 0.5) is 0 Å². The summed E-state index contributed by atoms with van der Waals surface area (Å²) in [7, 11) is 0. The summed E-state index contributed by atoms with van der Waals surface area (Å²) in [6.07, 6.45) is 1.50. The predicted molar refractivity (Wildman–Crippen MR) is 41.4 cm³/mol. The van der Waals surface area contributed by atoms with Gasteiger partial charge in [-0.2, -0.15) is 0 Å². The lowest BCUT2D eigenvalue weighted by Gasteiger charge is -1.96. The fourth-order valence-electron chi connectivity index (χ4n) is 0.599. The van der Waals surface area contributed by atoms with Crippen molar-refractivity contribution in [2.75, 3.05) is 0 Å². The summed E-state index contributed by atoms with van der Waals surface area (Å²) in [4.78, 5) is 18.0. The maximum Gasteiger partial charge on any atom is 0.357 e. The first-order valence-electron chi connectivity index (χ1n) is 2.83. The highest BCUT2D eigenvalue weighted by molar-refractivity contribution is 9.10. The Labute approximate surface area is 71.4 Å². The molecule has 1 aromatic heterocycles. The van der Waals surface area contributed by atoms with E-state index in [9.17, 15) is 4.79 Å². The van der Waals surface area contributed by atoms with Gasteiger partial charge in [0.2, 0.25) is 0 Å². The van der Waals surface area contributed by atoms with Gasteiger partial charge >= 0.3 is 5.97 Å². The normalized spacial score (nSPS) is 9.64. The largest absolute Gasteiger partial charge is 0.476 e. The van der Waals surface area contributed by atoms with Crippen LogP contribution in [0.5, 0.6) is 0 Å². The fraction of sp³-hybridized carbons (Fsp3) is 0.167. The molecule has 0 aliphatic heterocycles. The van der Waals surface area contributed by atoms with Crippen molar-refractivity contribution in [1.82, 2.24) is 9.97 Å². The fourth-order valence-corrected chi connectivity index (χ4v) is 0.959. The number of nitrogens with zero attached hydrogens (tertiary/aromatic N) is 2. The molecule has 0 spiro atoms. The van der Waals surface area contributed by atoms with Gasteiger partial charge < -0.3 is 5.11 Å². The molecule has 5 heteroatoms. The van der Waals surface area contributed by atoms with E-state index in [1.54, 1.807) is 6.92 Å². The number of rotatable bonds is 1. The average Bonchev–Trinajstić information content (AvgIpc) is 1.94. The van der Waals surface area contributed by atoms with E-state index < -0.39 is 5.97 Å². The average molecular weight is 217 g/mol. The van der Waals surface area contributed by atoms with Crippen LogP contribution in [0.15, 0.2) is 10.8 Å². The summed E-state index contributed by atoms with van der Waals surface area (Å²) in [6, 6.07) is 0. The number of halogens is 1. The van der Waals surface area contributed by atoms with Gasteiger partial charge in [0.15, 0.2) is 5.69 Å². The Morgan fingerprint density at radius 2 is 2.36 bits per heavy atom. The van der Waals surface area contributed by atoms with Crippen LogP contribution in [-0.2, 0) is 0 Å². The van der Waals surface area contributed by atoms with Crippen molar-refractivity contribution < 1.29 is 9.90 Å². The highest BCUT2D eigenvalue weighted by Crippen LogP contribution is 2.10. The van der Waals surface area contributed by atoms with E-state index in [0.717, 1.165) is 0 Å². The number of carboxylic acid groups (broad SMARTS) is 1. The van der Waals surface area contributed by atoms with Gasteiger partial charge in [0.05, 0.1) is 5.69 Å². The minimum atomic E-state index is -1.08. The standard InChI is InChI=1S/C6H5BrN2O2/c1-3-2-8-5(7)4(9-3)6(10)11/h2H,1H3,(H,10,11). The monoisotopic (exact) mass is 216 g/mol. The third kappa shape index (κ3) is 1.74. The van der Waals surface area contributed by atoms with E-state index in [2.05, 4.69) is 25.9 Å². The molecule has 0 bridgehead atoms. The molecule has 0 aromatic carbocycles. The second-order valence-corrected chi connectivity index (χ2v) is 2.71. The van der Waals surface area contributed by atoms with Crippen molar-refractivity contribution in [3.63, 3.8) is 0 Å². The Balaban J connectivity index is 3.23. The number of carbonyl (C=O) groups is 1. The summed E-state index contributed by atoms with van der Waals surface area (Å²) in [5.41, 5.74) is 0.538. The molecule has 1 aromatic rings. The summed E-state index contributed by atoms with van der Waals surface area (Å²) < 4.78 is 0.260. The van der Waals surface area contributed by atoms with Crippen molar-refractivity contribution in [3.05, 3.63) is 22.2 Å². The third-order valence-corrected chi connectivity index (χ3v) is 1.63. The van der Waals surface area contributed by atoms with Crippen LogP contribution < -0.4 is 0 Å². The van der Waals surface area contributed by atoms with Crippen LogP contribution in [0.1, 0.15) is 16.2 Å². The molecule has 0 saturated carbocycles. The van der Waals surface area contributed by atoms with E-state index in [0.29, 0.717) is 5.69 Å². The first-order chi connectivity index (χ1) is 5.11. The lowest BCUT2D eigenvalue weighted by Crippen LogP contribution is -2.04. The van der Waals surface area contributed by atoms with Gasteiger partial charge in [0, 0.05) is 6.20 Å². The number of carboxylic acids is 1. The molecule has 0 fully saturated rings. The van der Waals surface area contributed by atoms with Crippen LogP contribution in [0.3, 0.4) is 0 Å². The molecule has 0 unspecified atom stereocenters. The first kappa shape index (κ1) is 8.13. The maximum atomic E-state index is 10.4. The highest BCUT2D eigenvalue weighted by Gasteiger charge is 2.10. The van der Waals surface area contributed by atoms with Crippen molar-refractivity contribution >= 4 is 21.9 Å². The molecule has 1 rings (SSSR count). The number of hydrogen-bond donors (Lipinski definition) is 1. The van der Waals surface area contributed by atoms with Gasteiger partial charge in [-0.25, -0.2) is 14.8 Å². The number of aromatic carboxylic acids is 1. The summed E-state index contributed by atoms with van der Waals surface area (Å²) in [5, 5.41) is 8.56. The van der Waals surface area contributed by atoms with Crippen LogP contribution in [0.25, 0.3) is 0 Å². The summed E-state index contributed by atoms with van der Waals surface area (Å²) in [5.74, 6) is -1.08. The quantitative estimate of drug-likeness (QED) is 0.768. The van der Waals surface area contributed by atoms with Gasteiger partial charge in [-0.1, -0.05) is 0 Å². The molecule has 58 valence electrons. The zero-order valence-corrected chi connectivity index (χ0v) is 7.29. The van der Waals surface area contributed by atoms with Crippen LogP contribution in [0.2, 0.25) is 0 Å². The Hall–Kier alpha value is -0.970. The Morgan fingerprint density at radius 3 is 2.82 bits per heavy atom. The van der Waals surface area contributed by atoms with Crippen LogP contribution in [0, 0.1) is 6.92 Å². The molecule has 0 saturated heterocycles. The number of hydrogen-bond acceptors (Lipinski definition) is 3. The molecular weight excluding hydrogens is 212 g/mol. The number of aryl methyl sites for hydroxylation is 1. The molecule has 0 aliphatic carbocycles. The predicted octanol–water partition coefficient (Wildman–Crippen LogP) is 1.25. The maximum absolute atomic E-state index is 10.4. The van der Waals surface area contributed by atoms with Gasteiger partial charge in [0.25, 0.3) is 0 Å². The first-order valence-corrected chi connectivity index (χ1v) is 3.63. The second kappa shape index (κ2) is 2.96. The smallest absolute Gasteiger partial charge is 0.357 e. The van der Waals surface area contributed by atoms with Crippen molar-refractivity contribution in [2.45, 2.75) is 6.92 Å². The van der Waals surface area contributed by atoms with Crippen molar-refractivity contribution in [3.8, 4) is 0 Å². The minimum absolute atomic E-state index is 0.0509. The van der Waals surface area contributed by atoms with E-state index in [-0.39, 0.29) is 10.3 Å². The van der Waals surface area contributed by atoms with Crippen LogP contribution >= 0.6 is 15.9 Å². The highest BCUT2D eigenvalue weighted by atomic mass is 79.9. The minimum Gasteiger partial charge on any atom is -0.476 e. The number of aromatic nitrogens is 2. The van der Waals surface area contributed by atoms with E-state index in [1.165, 1.54) is 6.20 Å². The van der Waals surface area contributed by atoms with E-state index in [4.69, 9.17) is 5.11 Å². The lowest BCUT2D eigenvalue weighted by molar-refractivity contribution is 0.0688. The Kier molecular flexibility index (Phi) is 2.19. The zero-order valence-electron chi connectivity index (χ0n) is 5.71. The molecule has 0 aliphatic rings. The lowest BCUT2D eigenvalue weighted by atomic mass is 10.4. The molecule has 1 N–H and O–H groups in total. The van der Waals surface area contributed by atoms with Crippen molar-refractivity contribution in [1.29, 1.82) is 0 Å². The van der Waals surface area contributed by atoms with Crippen LogP contribution in [-0.4, -0.2) is 21.0 Å². The van der Waals surface area contributed by atoms with Gasteiger partial charge in [-0.3, -0.25) is 0 Å². The Morgan fingerprint density at radius 1 is 1.73 bits per heavy atom. The SMILES string of the molecule is Cc1cnc(Br)c(C(=O)O)n1. The van der Waals surface area contributed by atoms with Crippen molar-refractivity contribution in [2.24, 2.45) is 0 Å². The van der Waals surface area contributed by atoms with Gasteiger partial charge in [0.1, 0.15) is 4.60 Å². The third-order valence-electron chi connectivity index (χ3n) is 1.05. The van der Waals surface area contributed by atoms with E-state index >= 15 is 0 Å². The molecule has 0 amide bonds. The molecule has 0 radical (unpaired) electrons. The molecule has 4 nitrogen and oxygen atoms in total. The summed E-state index contributed by atoms with van der Waals surface area (Å²) >= 11 is 2.98. The topological polar surface area (TPSA) is 63.1 Å². The zero-order chi connectivity index (χ0) is 8.43. The molecule has 11 heavy (non-hydrogen) atoms. The molecule has 0 atom stereocenters. The van der Waals surface area contributed by atoms with Gasteiger partial charge in [-0.15, -0.1) is 0 Å². The molecule has 1 heterocycles. The second-order valence-electron chi connectivity index (χ2n) is 1.96. The molecular formula is C6H5BrN2O2.